The van der Waals surface area contributed by atoms with Crippen molar-refractivity contribution in [2.24, 2.45) is 40.4 Å². The van der Waals surface area contributed by atoms with E-state index in [0.717, 1.165) is 18.4 Å². The largest absolute Gasteiger partial charge is 0.481 e. The van der Waals surface area contributed by atoms with Gasteiger partial charge in [0, 0.05) is 37.1 Å². The van der Waals surface area contributed by atoms with Gasteiger partial charge < -0.3 is 30.5 Å². The summed E-state index contributed by atoms with van der Waals surface area (Å²) in [7, 11) is 0. The minimum atomic E-state index is -1.78. The van der Waals surface area contributed by atoms with Crippen LogP contribution >= 0.6 is 11.6 Å². The van der Waals surface area contributed by atoms with Crippen LogP contribution in [0.25, 0.3) is 0 Å². The second-order valence-corrected chi connectivity index (χ2v) is 16.0. The van der Waals surface area contributed by atoms with Gasteiger partial charge >= 0.3 is 17.9 Å². The van der Waals surface area contributed by atoms with Crippen LogP contribution in [-0.4, -0.2) is 85.5 Å². The number of aliphatic hydroxyl groups excluding tert-OH is 1. The number of alkyl halides is 1. The summed E-state index contributed by atoms with van der Waals surface area (Å²) in [4.78, 5) is 67.6. The van der Waals surface area contributed by atoms with Crippen LogP contribution in [0.4, 0.5) is 0 Å². The summed E-state index contributed by atoms with van der Waals surface area (Å²) in [6.45, 7) is 10.5. The maximum Gasteiger partial charge on any atom is 0.309 e. The van der Waals surface area contributed by atoms with Gasteiger partial charge in [0.25, 0.3) is 0 Å². The molecule has 4 fully saturated rings. The number of ether oxygens (including phenoxy) is 1. The van der Waals surface area contributed by atoms with Crippen molar-refractivity contribution in [3.8, 4) is 0 Å². The topological polar surface area (TPSA) is 205 Å². The van der Waals surface area contributed by atoms with E-state index in [9.17, 15) is 39.0 Å². The third-order valence-electron chi connectivity index (χ3n) is 12.4. The molecule has 0 aromatic heterocycles. The number of Topliss-reactive ketones (excluding diaryl/α,β-unsaturated/α-hetero) is 1. The van der Waals surface area contributed by atoms with Gasteiger partial charge in [0.1, 0.15) is 5.60 Å². The summed E-state index contributed by atoms with van der Waals surface area (Å²) in [6.07, 6.45) is 9.30. The first-order chi connectivity index (χ1) is 23.7. The monoisotopic (exact) mass is 737 g/mol. The van der Waals surface area contributed by atoms with Crippen molar-refractivity contribution in [2.45, 2.75) is 122 Å². The summed E-state index contributed by atoms with van der Waals surface area (Å²) in [5.41, 5.74) is -2.52. The van der Waals surface area contributed by atoms with Crippen LogP contribution in [0.5, 0.6) is 0 Å². The molecule has 5 N–H and O–H groups in total. The van der Waals surface area contributed by atoms with Crippen LogP contribution in [0.15, 0.2) is 23.8 Å². The maximum absolute atomic E-state index is 13.8. The van der Waals surface area contributed by atoms with Gasteiger partial charge in [-0.3, -0.25) is 28.8 Å². The molecule has 0 unspecified atom stereocenters. The molecule has 12 nitrogen and oxygen atoms in total. The number of aliphatic hydroxyl groups is 2. The molecule has 0 aromatic rings. The number of fused-ring (bicyclic) bond motifs is 5. The van der Waals surface area contributed by atoms with Crippen molar-refractivity contribution < 1.29 is 53.9 Å². The third-order valence-corrected chi connectivity index (χ3v) is 13.3. The van der Waals surface area contributed by atoms with E-state index in [1.54, 1.807) is 19.9 Å². The number of nitrogens with one attached hydrogen (secondary N) is 1. The first kappa shape index (κ1) is 42.3. The molecule has 13 heteroatoms. The second-order valence-electron chi connectivity index (χ2n) is 15.3. The number of carboxylic acids is 2. The van der Waals surface area contributed by atoms with Crippen LogP contribution in [0, 0.1) is 40.4 Å². The average Bonchev–Trinajstić information content (AvgIpc) is 3.29. The molecular formula is C38H56ClNO11. The number of halogens is 1. The molecule has 0 heterocycles. The number of carboxylic acid groups (broad SMARTS) is 2. The van der Waals surface area contributed by atoms with Crippen molar-refractivity contribution in [3.05, 3.63) is 23.8 Å². The van der Waals surface area contributed by atoms with Gasteiger partial charge in [0.15, 0.2) is 12.4 Å². The number of carbonyl (C=O) groups excluding carboxylic acids is 4. The molecule has 5 aliphatic carbocycles. The average molecular weight is 738 g/mol. The number of amides is 1. The van der Waals surface area contributed by atoms with Crippen molar-refractivity contribution in [3.63, 3.8) is 0 Å². The lowest BCUT2D eigenvalue weighted by Gasteiger charge is -2.63. The van der Waals surface area contributed by atoms with E-state index in [0.29, 0.717) is 44.6 Å². The van der Waals surface area contributed by atoms with Crippen molar-refractivity contribution >= 4 is 47.0 Å². The van der Waals surface area contributed by atoms with E-state index in [-0.39, 0.29) is 48.7 Å². The van der Waals surface area contributed by atoms with Crippen LogP contribution in [-0.2, 0) is 33.5 Å². The Labute approximate surface area is 305 Å². The van der Waals surface area contributed by atoms with Crippen molar-refractivity contribution in [2.75, 3.05) is 13.2 Å². The van der Waals surface area contributed by atoms with Gasteiger partial charge in [-0.2, -0.15) is 0 Å². The third kappa shape index (κ3) is 8.28. The normalized spacial score (nSPS) is 37.7. The summed E-state index contributed by atoms with van der Waals surface area (Å²) >= 11 is 7.46. The van der Waals surface area contributed by atoms with E-state index < -0.39 is 63.6 Å². The zero-order chi connectivity index (χ0) is 38.5. The maximum atomic E-state index is 13.8. The lowest BCUT2D eigenvalue weighted by atomic mass is 9.45. The Morgan fingerprint density at radius 2 is 1.55 bits per heavy atom. The molecule has 1 amide bonds. The van der Waals surface area contributed by atoms with Gasteiger partial charge in [-0.25, -0.2) is 0 Å². The van der Waals surface area contributed by atoms with E-state index in [1.165, 1.54) is 13.0 Å². The minimum Gasteiger partial charge on any atom is -0.481 e. The van der Waals surface area contributed by atoms with Crippen molar-refractivity contribution in [1.29, 1.82) is 0 Å². The van der Waals surface area contributed by atoms with E-state index >= 15 is 0 Å². The number of ketones is 2. The number of aliphatic carboxylic acids is 2. The number of esters is 1. The zero-order valence-electron chi connectivity index (χ0n) is 30.7. The highest BCUT2D eigenvalue weighted by molar-refractivity contribution is 6.26. The first-order valence-electron chi connectivity index (χ1n) is 18.1. The Morgan fingerprint density at radius 1 is 0.980 bits per heavy atom. The number of rotatable bonds is 8. The highest BCUT2D eigenvalue weighted by Gasteiger charge is 2.74. The van der Waals surface area contributed by atoms with Crippen LogP contribution in [0.3, 0.4) is 0 Å². The smallest absolute Gasteiger partial charge is 0.309 e. The molecule has 5 rings (SSSR count). The van der Waals surface area contributed by atoms with E-state index in [1.807, 2.05) is 26.8 Å². The number of allylic oxidation sites excluding steroid dienone is 4. The fourth-order valence-corrected chi connectivity index (χ4v) is 9.92. The highest BCUT2D eigenvalue weighted by Crippen LogP contribution is 2.71. The molecule has 0 aliphatic heterocycles. The summed E-state index contributed by atoms with van der Waals surface area (Å²) < 4.78 is 5.52. The minimum absolute atomic E-state index is 0.0659. The lowest BCUT2D eigenvalue weighted by Crippen LogP contribution is -2.69. The molecule has 0 saturated heterocycles. The van der Waals surface area contributed by atoms with Crippen molar-refractivity contribution in [1.82, 2.24) is 5.32 Å². The summed E-state index contributed by atoms with van der Waals surface area (Å²) in [6, 6.07) is 0. The Hall–Kier alpha value is -3.09. The Kier molecular flexibility index (Phi) is 13.9. The Morgan fingerprint density at radius 3 is 2.08 bits per heavy atom. The molecule has 51 heavy (non-hydrogen) atoms. The van der Waals surface area contributed by atoms with Gasteiger partial charge in [0.2, 0.25) is 11.7 Å². The van der Waals surface area contributed by atoms with E-state index in [2.05, 4.69) is 5.32 Å². The van der Waals surface area contributed by atoms with E-state index in [4.69, 9.17) is 26.6 Å². The SMILES string of the molecule is CC(=O)NC[C@H]1CC[C@H](C(=O)OCC(=O)[C@@]2(O)[C@@H](C)C[C@H]3[C@@H]4CCC5=CC(=O)C=C[C@]5(C)[C@@]4(Cl)[C@@H](O)C[C@@]32C)CC1.CCC(=O)O.CCC(=O)O. The van der Waals surface area contributed by atoms with Gasteiger partial charge in [-0.15, -0.1) is 11.6 Å². The standard InChI is InChI=1S/C32H44ClNO7.2C3H6O2/c1-18-13-25-24-10-9-22-14-23(36)11-12-29(22,3)31(24,33)26(37)15-30(25,4)32(18,40)27(38)17-41-28(39)21-7-5-20(6-8-21)16-34-19(2)35;2*1-2-3(4)5/h11-12,14,18,20-21,24-26,37,40H,5-10,13,15-17H2,1-4H3,(H,34,35);2*2H2,1H3,(H,4,5)/t18-,20-,21-,24-,25-,26-,29-,30-,31-,32-;;/m0../s1. The predicted molar refractivity (Wildman–Crippen MR) is 189 cm³/mol. The number of hydrogen-bond donors (Lipinski definition) is 5. The highest BCUT2D eigenvalue weighted by atomic mass is 35.5. The van der Waals surface area contributed by atoms with Gasteiger partial charge in [0.05, 0.1) is 16.9 Å². The van der Waals surface area contributed by atoms with Crippen LogP contribution < -0.4 is 5.32 Å². The molecule has 286 valence electrons. The molecule has 5 aliphatic rings. The Balaban J connectivity index is 0.000000619. The fraction of sp³-hybridized carbons (Fsp3) is 0.737. The molecule has 4 saturated carbocycles. The molecule has 0 bridgehead atoms. The number of hydrogen-bond acceptors (Lipinski definition) is 9. The first-order valence-corrected chi connectivity index (χ1v) is 18.5. The zero-order valence-corrected chi connectivity index (χ0v) is 31.5. The summed E-state index contributed by atoms with van der Waals surface area (Å²) in [5.74, 6) is -3.28. The Bertz CT molecular complexity index is 1410. The quantitative estimate of drug-likeness (QED) is 0.172. The molecule has 0 radical (unpaired) electrons. The fourth-order valence-electron chi connectivity index (χ4n) is 9.40. The molecule has 8 atom stereocenters. The van der Waals surface area contributed by atoms with Gasteiger partial charge in [-0.1, -0.05) is 46.3 Å². The number of carbonyl (C=O) groups is 6. The molecule has 0 spiro atoms. The summed E-state index contributed by atoms with van der Waals surface area (Å²) in [5, 5.41) is 42.2. The molecular weight excluding hydrogens is 682 g/mol. The lowest BCUT2D eigenvalue weighted by molar-refractivity contribution is -0.183. The van der Waals surface area contributed by atoms with Gasteiger partial charge in [-0.05, 0) is 87.2 Å². The van der Waals surface area contributed by atoms with Crippen LogP contribution in [0.2, 0.25) is 0 Å². The molecule has 0 aromatic carbocycles. The predicted octanol–water partition coefficient (Wildman–Crippen LogP) is 4.62. The van der Waals surface area contributed by atoms with Crippen LogP contribution in [0.1, 0.15) is 106 Å². The second kappa shape index (κ2) is 16.7.